The minimum absolute atomic E-state index is 0.0630. The van der Waals surface area contributed by atoms with Crippen LogP contribution in [0.3, 0.4) is 0 Å². The Bertz CT molecular complexity index is 366. The van der Waals surface area contributed by atoms with Crippen LogP contribution >= 0.6 is 0 Å². The first-order valence-corrected chi connectivity index (χ1v) is 6.01. The van der Waals surface area contributed by atoms with E-state index in [2.05, 4.69) is 20.9 Å². The lowest BCUT2D eigenvalue weighted by molar-refractivity contribution is -0.124. The average molecular weight is 255 g/mol. The zero-order chi connectivity index (χ0) is 13.4. The summed E-state index contributed by atoms with van der Waals surface area (Å²) >= 11 is 0. The van der Waals surface area contributed by atoms with Crippen molar-refractivity contribution in [2.45, 2.75) is 25.9 Å². The lowest BCUT2D eigenvalue weighted by Crippen LogP contribution is -2.32. The van der Waals surface area contributed by atoms with E-state index in [1.54, 1.807) is 24.9 Å². The Morgan fingerprint density at radius 2 is 2.39 bits per heavy atom. The van der Waals surface area contributed by atoms with Crippen molar-refractivity contribution in [1.82, 2.24) is 25.6 Å². The van der Waals surface area contributed by atoms with Gasteiger partial charge in [0.2, 0.25) is 5.91 Å². The highest BCUT2D eigenvalue weighted by atomic mass is 16.5. The van der Waals surface area contributed by atoms with Crippen LogP contribution < -0.4 is 10.6 Å². The van der Waals surface area contributed by atoms with E-state index in [4.69, 9.17) is 4.74 Å². The Hall–Kier alpha value is -1.47. The van der Waals surface area contributed by atoms with Crippen LogP contribution in [0.1, 0.15) is 25.1 Å². The molecule has 1 unspecified atom stereocenters. The molecule has 0 radical (unpaired) electrons. The molecule has 1 atom stereocenters. The summed E-state index contributed by atoms with van der Waals surface area (Å²) in [5.41, 5.74) is 0.816. The van der Waals surface area contributed by atoms with Gasteiger partial charge in [0, 0.05) is 26.8 Å². The number of nitrogens with zero attached hydrogens (tertiary/aromatic N) is 3. The number of carbonyl (C=O) groups is 1. The number of methoxy groups -OCH3 is 1. The molecule has 1 heterocycles. The molecular formula is C11H21N5O2. The molecule has 0 aliphatic heterocycles. The van der Waals surface area contributed by atoms with Gasteiger partial charge in [-0.25, -0.2) is 4.68 Å². The van der Waals surface area contributed by atoms with Gasteiger partial charge in [-0.05, 0) is 20.4 Å². The molecule has 0 fully saturated rings. The molecule has 1 amide bonds. The Morgan fingerprint density at radius 1 is 1.61 bits per heavy atom. The first kappa shape index (κ1) is 14.6. The van der Waals surface area contributed by atoms with E-state index in [0.717, 1.165) is 12.1 Å². The monoisotopic (exact) mass is 255 g/mol. The molecule has 0 spiro atoms. The number of rotatable bonds is 8. The highest BCUT2D eigenvalue weighted by Crippen LogP contribution is 2.04. The van der Waals surface area contributed by atoms with Gasteiger partial charge >= 0.3 is 0 Å². The van der Waals surface area contributed by atoms with Crippen LogP contribution in [0, 0.1) is 0 Å². The molecule has 18 heavy (non-hydrogen) atoms. The maximum Gasteiger partial charge on any atom is 0.244 e. The summed E-state index contributed by atoms with van der Waals surface area (Å²) < 4.78 is 6.48. The minimum atomic E-state index is -0.356. The lowest BCUT2D eigenvalue weighted by Gasteiger charge is -2.11. The van der Waals surface area contributed by atoms with Gasteiger partial charge < -0.3 is 15.4 Å². The first-order chi connectivity index (χ1) is 8.69. The van der Waals surface area contributed by atoms with Crippen molar-refractivity contribution in [3.05, 3.63) is 11.9 Å². The van der Waals surface area contributed by atoms with Gasteiger partial charge in [-0.15, -0.1) is 5.10 Å². The second kappa shape index (κ2) is 7.78. The van der Waals surface area contributed by atoms with Gasteiger partial charge in [0.15, 0.2) is 0 Å². The molecule has 7 heteroatoms. The van der Waals surface area contributed by atoms with Crippen molar-refractivity contribution in [2.24, 2.45) is 0 Å². The second-order valence-electron chi connectivity index (χ2n) is 4.03. The number of ether oxygens (including phenoxy) is 1. The third-order valence-corrected chi connectivity index (χ3v) is 2.52. The third-order valence-electron chi connectivity index (χ3n) is 2.52. The van der Waals surface area contributed by atoms with E-state index in [0.29, 0.717) is 19.7 Å². The Kier molecular flexibility index (Phi) is 6.31. The number of carbonyl (C=O) groups excluding carboxylic acids is 1. The molecule has 7 nitrogen and oxygen atoms in total. The molecule has 1 rings (SSSR count). The van der Waals surface area contributed by atoms with Crippen molar-refractivity contribution in [1.29, 1.82) is 0 Å². The largest absolute Gasteiger partial charge is 0.385 e. The molecule has 1 aromatic heterocycles. The molecule has 0 saturated heterocycles. The fraction of sp³-hybridized carbons (Fsp3) is 0.727. The number of hydrogen-bond acceptors (Lipinski definition) is 5. The van der Waals surface area contributed by atoms with Crippen LogP contribution in [0.5, 0.6) is 0 Å². The Labute approximate surface area is 107 Å². The molecule has 1 aromatic rings. The smallest absolute Gasteiger partial charge is 0.244 e. The molecule has 0 aromatic carbocycles. The molecule has 0 aliphatic rings. The van der Waals surface area contributed by atoms with E-state index in [-0.39, 0.29) is 11.9 Å². The van der Waals surface area contributed by atoms with Gasteiger partial charge in [0.25, 0.3) is 0 Å². The summed E-state index contributed by atoms with van der Waals surface area (Å²) in [5, 5.41) is 13.7. The molecule has 0 bridgehead atoms. The van der Waals surface area contributed by atoms with Crippen LogP contribution in [0.4, 0.5) is 0 Å². The standard InChI is InChI=1S/C11H21N5O2/c1-9(11(17)13-5-4-6-18-3)16-8-10(7-12-2)14-15-16/h8-9,12H,4-7H2,1-3H3,(H,13,17). The van der Waals surface area contributed by atoms with Crippen molar-refractivity contribution in [2.75, 3.05) is 27.3 Å². The fourth-order valence-corrected chi connectivity index (χ4v) is 1.46. The molecule has 0 saturated carbocycles. The molecule has 2 N–H and O–H groups in total. The predicted octanol–water partition coefficient (Wildman–Crippen LogP) is -0.289. The average Bonchev–Trinajstić information content (AvgIpc) is 2.82. The summed E-state index contributed by atoms with van der Waals surface area (Å²) in [4.78, 5) is 11.8. The van der Waals surface area contributed by atoms with Crippen LogP contribution in [0.15, 0.2) is 6.20 Å². The third kappa shape index (κ3) is 4.42. The molecular weight excluding hydrogens is 234 g/mol. The van der Waals surface area contributed by atoms with Crippen molar-refractivity contribution in [3.63, 3.8) is 0 Å². The summed E-state index contributed by atoms with van der Waals surface area (Å²) in [5.74, 6) is -0.0630. The van der Waals surface area contributed by atoms with Crippen LogP contribution in [-0.2, 0) is 16.1 Å². The van der Waals surface area contributed by atoms with E-state index < -0.39 is 0 Å². The van der Waals surface area contributed by atoms with E-state index in [1.165, 1.54) is 0 Å². The van der Waals surface area contributed by atoms with Crippen molar-refractivity contribution in [3.8, 4) is 0 Å². The predicted molar refractivity (Wildman–Crippen MR) is 67.0 cm³/mol. The van der Waals surface area contributed by atoms with Gasteiger partial charge in [-0.2, -0.15) is 0 Å². The topological polar surface area (TPSA) is 81.1 Å². The van der Waals surface area contributed by atoms with Gasteiger partial charge in [0.05, 0.1) is 11.9 Å². The number of nitrogens with one attached hydrogen (secondary N) is 2. The normalized spacial score (nSPS) is 12.4. The first-order valence-electron chi connectivity index (χ1n) is 6.01. The van der Waals surface area contributed by atoms with Crippen LogP contribution in [0.25, 0.3) is 0 Å². The van der Waals surface area contributed by atoms with Crippen molar-refractivity contribution < 1.29 is 9.53 Å². The van der Waals surface area contributed by atoms with Crippen LogP contribution in [-0.4, -0.2) is 48.2 Å². The Balaban J connectivity index is 2.41. The summed E-state index contributed by atoms with van der Waals surface area (Å²) in [6, 6.07) is -0.356. The number of amides is 1. The quantitative estimate of drug-likeness (QED) is 0.624. The maximum absolute atomic E-state index is 11.8. The Morgan fingerprint density at radius 3 is 3.06 bits per heavy atom. The SMILES string of the molecule is CNCc1cn(C(C)C(=O)NCCCOC)nn1. The highest BCUT2D eigenvalue weighted by Gasteiger charge is 2.15. The van der Waals surface area contributed by atoms with Crippen molar-refractivity contribution >= 4 is 5.91 Å². The zero-order valence-electron chi connectivity index (χ0n) is 11.1. The van der Waals surface area contributed by atoms with E-state index in [9.17, 15) is 4.79 Å². The molecule has 0 aliphatic carbocycles. The van der Waals surface area contributed by atoms with Gasteiger partial charge in [-0.3, -0.25) is 4.79 Å². The lowest BCUT2D eigenvalue weighted by atomic mass is 10.3. The number of hydrogen-bond donors (Lipinski definition) is 2. The zero-order valence-corrected chi connectivity index (χ0v) is 11.1. The van der Waals surface area contributed by atoms with Crippen LogP contribution in [0.2, 0.25) is 0 Å². The second-order valence-corrected chi connectivity index (χ2v) is 4.03. The highest BCUT2D eigenvalue weighted by molar-refractivity contribution is 5.79. The van der Waals surface area contributed by atoms with E-state index in [1.807, 2.05) is 7.05 Å². The summed E-state index contributed by atoms with van der Waals surface area (Å²) in [6.45, 7) is 3.69. The van der Waals surface area contributed by atoms with E-state index >= 15 is 0 Å². The summed E-state index contributed by atoms with van der Waals surface area (Å²) in [7, 11) is 3.48. The summed E-state index contributed by atoms with van der Waals surface area (Å²) in [6.07, 6.45) is 2.58. The minimum Gasteiger partial charge on any atom is -0.385 e. The fourth-order valence-electron chi connectivity index (χ4n) is 1.46. The van der Waals surface area contributed by atoms with Gasteiger partial charge in [-0.1, -0.05) is 5.21 Å². The number of aromatic nitrogens is 3. The van der Waals surface area contributed by atoms with Gasteiger partial charge in [0.1, 0.15) is 6.04 Å². The molecule has 102 valence electrons. The maximum atomic E-state index is 11.8.